The normalized spacial score (nSPS) is 18.4. The Morgan fingerprint density at radius 2 is 2.24 bits per heavy atom. The highest BCUT2D eigenvalue weighted by Gasteiger charge is 2.14. The van der Waals surface area contributed by atoms with Gasteiger partial charge in [0.05, 0.1) is 19.5 Å². The maximum atomic E-state index is 5.83. The van der Waals surface area contributed by atoms with Crippen LogP contribution in [0.4, 0.5) is 0 Å². The second kappa shape index (κ2) is 6.63. The molecule has 0 saturated carbocycles. The highest BCUT2D eigenvalue weighted by Crippen LogP contribution is 2.23. The van der Waals surface area contributed by atoms with Gasteiger partial charge in [0.2, 0.25) is 0 Å². The lowest BCUT2D eigenvalue weighted by molar-refractivity contribution is 0.239. The van der Waals surface area contributed by atoms with Crippen LogP contribution >= 0.6 is 0 Å². The van der Waals surface area contributed by atoms with Crippen molar-refractivity contribution in [2.24, 2.45) is 0 Å². The third kappa shape index (κ3) is 3.36. The summed E-state index contributed by atoms with van der Waals surface area (Å²) in [6.07, 6.45) is 7.36. The molecule has 0 spiro atoms. The number of aromatic nitrogens is 2. The molecular formula is C16H21N3O2. The zero-order valence-corrected chi connectivity index (χ0v) is 12.3. The fourth-order valence-corrected chi connectivity index (χ4v) is 2.59. The van der Waals surface area contributed by atoms with Crippen molar-refractivity contribution in [3.05, 3.63) is 36.7 Å². The molecule has 3 rings (SSSR count). The van der Waals surface area contributed by atoms with Crippen LogP contribution in [0.2, 0.25) is 0 Å². The van der Waals surface area contributed by atoms with E-state index >= 15 is 0 Å². The molecule has 0 amide bonds. The van der Waals surface area contributed by atoms with E-state index in [-0.39, 0.29) is 0 Å². The lowest BCUT2D eigenvalue weighted by Crippen LogP contribution is -2.38. The van der Waals surface area contributed by atoms with Gasteiger partial charge >= 0.3 is 0 Å². The third-order valence-corrected chi connectivity index (χ3v) is 3.75. The summed E-state index contributed by atoms with van der Waals surface area (Å²) in [5.41, 5.74) is 0.908. The van der Waals surface area contributed by atoms with Crippen LogP contribution in [0.3, 0.4) is 0 Å². The quantitative estimate of drug-likeness (QED) is 0.917. The number of nitrogens with zero attached hydrogens (tertiary/aromatic N) is 2. The first-order chi connectivity index (χ1) is 10.4. The molecule has 1 aliphatic rings. The maximum absolute atomic E-state index is 5.83. The van der Waals surface area contributed by atoms with Gasteiger partial charge in [-0.15, -0.1) is 0 Å². The van der Waals surface area contributed by atoms with Gasteiger partial charge in [-0.05, 0) is 31.5 Å². The summed E-state index contributed by atoms with van der Waals surface area (Å²) in [6.45, 7) is 1.78. The van der Waals surface area contributed by atoms with Crippen molar-refractivity contribution in [2.75, 3.05) is 20.3 Å². The minimum Gasteiger partial charge on any atom is -0.494 e. The highest BCUT2D eigenvalue weighted by atomic mass is 16.5. The van der Waals surface area contributed by atoms with Crippen molar-refractivity contribution in [2.45, 2.75) is 25.3 Å². The zero-order chi connectivity index (χ0) is 14.5. The van der Waals surface area contributed by atoms with Gasteiger partial charge in [-0.25, -0.2) is 4.68 Å². The van der Waals surface area contributed by atoms with Crippen molar-refractivity contribution in [3.8, 4) is 17.2 Å². The molecule has 1 atom stereocenters. The van der Waals surface area contributed by atoms with Crippen LogP contribution in [0.5, 0.6) is 11.5 Å². The summed E-state index contributed by atoms with van der Waals surface area (Å²) in [7, 11) is 1.66. The molecule has 1 N–H and O–H groups in total. The number of methoxy groups -OCH3 is 1. The molecule has 112 valence electrons. The standard InChI is InChI=1S/C16H21N3O2/c1-20-16-8-3-2-7-15(16)19-11-14(10-18-19)21-12-13-6-4-5-9-17-13/h2-3,7-8,10-11,13,17H,4-6,9,12H2,1H3. The first-order valence-corrected chi connectivity index (χ1v) is 7.41. The molecule has 2 aromatic rings. The molecular weight excluding hydrogens is 266 g/mol. The van der Waals surface area contributed by atoms with E-state index in [0.717, 1.165) is 23.7 Å². The minimum absolute atomic E-state index is 0.452. The number of hydrogen-bond acceptors (Lipinski definition) is 4. The SMILES string of the molecule is COc1ccccc1-n1cc(OCC2CCCCN2)cn1. The smallest absolute Gasteiger partial charge is 0.157 e. The Labute approximate surface area is 124 Å². The molecule has 0 radical (unpaired) electrons. The zero-order valence-electron chi connectivity index (χ0n) is 12.3. The van der Waals surface area contributed by atoms with Crippen LogP contribution in [0.25, 0.3) is 5.69 Å². The molecule has 21 heavy (non-hydrogen) atoms. The Morgan fingerprint density at radius 1 is 1.33 bits per heavy atom. The lowest BCUT2D eigenvalue weighted by Gasteiger charge is -2.22. The molecule has 5 heteroatoms. The Balaban J connectivity index is 1.65. The fraction of sp³-hybridized carbons (Fsp3) is 0.438. The van der Waals surface area contributed by atoms with Gasteiger partial charge in [0.25, 0.3) is 0 Å². The summed E-state index contributed by atoms with van der Waals surface area (Å²) >= 11 is 0. The van der Waals surface area contributed by atoms with Crippen molar-refractivity contribution in [1.82, 2.24) is 15.1 Å². The molecule has 0 aliphatic carbocycles. The summed E-state index contributed by atoms with van der Waals surface area (Å²) in [4.78, 5) is 0. The average molecular weight is 287 g/mol. The van der Waals surface area contributed by atoms with Gasteiger partial charge < -0.3 is 14.8 Å². The van der Waals surface area contributed by atoms with E-state index in [1.54, 1.807) is 18.0 Å². The number of benzene rings is 1. The molecule has 1 unspecified atom stereocenters. The Kier molecular flexibility index (Phi) is 4.40. The van der Waals surface area contributed by atoms with Crippen molar-refractivity contribution < 1.29 is 9.47 Å². The van der Waals surface area contributed by atoms with Gasteiger partial charge in [-0.2, -0.15) is 5.10 Å². The van der Waals surface area contributed by atoms with E-state index in [0.29, 0.717) is 12.6 Å². The van der Waals surface area contributed by atoms with Gasteiger partial charge in [0.15, 0.2) is 5.75 Å². The third-order valence-electron chi connectivity index (χ3n) is 3.75. The van der Waals surface area contributed by atoms with E-state index < -0.39 is 0 Å². The van der Waals surface area contributed by atoms with Crippen molar-refractivity contribution in [1.29, 1.82) is 0 Å². The molecule has 1 aromatic carbocycles. The topological polar surface area (TPSA) is 48.3 Å². The predicted octanol–water partition coefficient (Wildman–Crippen LogP) is 2.40. The van der Waals surface area contributed by atoms with E-state index in [1.807, 2.05) is 30.5 Å². The van der Waals surface area contributed by atoms with E-state index in [4.69, 9.17) is 9.47 Å². The number of ether oxygens (including phenoxy) is 2. The summed E-state index contributed by atoms with van der Waals surface area (Å²) in [6, 6.07) is 8.25. The summed E-state index contributed by atoms with van der Waals surface area (Å²) < 4.78 is 13.0. The number of piperidine rings is 1. The van der Waals surface area contributed by atoms with Crippen molar-refractivity contribution in [3.63, 3.8) is 0 Å². The lowest BCUT2D eigenvalue weighted by atomic mass is 10.1. The maximum Gasteiger partial charge on any atom is 0.157 e. The Morgan fingerprint density at radius 3 is 3.05 bits per heavy atom. The van der Waals surface area contributed by atoms with Gasteiger partial charge in [0, 0.05) is 6.04 Å². The van der Waals surface area contributed by atoms with Crippen LogP contribution in [-0.4, -0.2) is 36.1 Å². The monoisotopic (exact) mass is 287 g/mol. The van der Waals surface area contributed by atoms with Gasteiger partial charge in [0.1, 0.15) is 18.0 Å². The largest absolute Gasteiger partial charge is 0.494 e. The number of rotatable bonds is 5. The minimum atomic E-state index is 0.452. The second-order valence-corrected chi connectivity index (χ2v) is 5.25. The van der Waals surface area contributed by atoms with E-state index in [2.05, 4.69) is 10.4 Å². The first kappa shape index (κ1) is 13.9. The van der Waals surface area contributed by atoms with Crippen LogP contribution in [0, 0.1) is 0 Å². The predicted molar refractivity (Wildman–Crippen MR) is 81.3 cm³/mol. The first-order valence-electron chi connectivity index (χ1n) is 7.41. The molecule has 1 aliphatic heterocycles. The highest BCUT2D eigenvalue weighted by molar-refractivity contribution is 5.46. The molecule has 5 nitrogen and oxygen atoms in total. The average Bonchev–Trinajstić information content (AvgIpc) is 3.02. The van der Waals surface area contributed by atoms with Crippen LogP contribution in [0.15, 0.2) is 36.7 Å². The van der Waals surface area contributed by atoms with E-state index in [1.165, 1.54) is 19.3 Å². The molecule has 1 fully saturated rings. The Bertz CT molecular complexity index is 576. The summed E-state index contributed by atoms with van der Waals surface area (Å²) in [5.74, 6) is 1.58. The molecule has 1 saturated heterocycles. The van der Waals surface area contributed by atoms with Gasteiger partial charge in [-0.3, -0.25) is 0 Å². The van der Waals surface area contributed by atoms with Crippen LogP contribution in [0.1, 0.15) is 19.3 Å². The van der Waals surface area contributed by atoms with Crippen molar-refractivity contribution >= 4 is 0 Å². The number of nitrogens with one attached hydrogen (secondary N) is 1. The summed E-state index contributed by atoms with van der Waals surface area (Å²) in [5, 5.41) is 7.82. The fourth-order valence-electron chi connectivity index (χ4n) is 2.59. The van der Waals surface area contributed by atoms with Crippen LogP contribution in [-0.2, 0) is 0 Å². The van der Waals surface area contributed by atoms with Crippen LogP contribution < -0.4 is 14.8 Å². The molecule has 0 bridgehead atoms. The number of hydrogen-bond donors (Lipinski definition) is 1. The number of para-hydroxylation sites is 2. The van der Waals surface area contributed by atoms with E-state index in [9.17, 15) is 0 Å². The Hall–Kier alpha value is -2.01. The molecule has 2 heterocycles. The van der Waals surface area contributed by atoms with Gasteiger partial charge in [-0.1, -0.05) is 18.6 Å². The molecule has 1 aromatic heterocycles. The second-order valence-electron chi connectivity index (χ2n) is 5.25.